The number of benzene rings is 8. The molecule has 314 valence electrons. The Bertz CT molecular complexity index is 4210. The predicted molar refractivity (Wildman–Crippen MR) is 331 cm³/mol. The predicted octanol–water partition coefficient (Wildman–Crippen LogP) is -7.73. The number of furan rings is 1. The fourth-order valence-corrected chi connectivity index (χ4v) is 11.7. The van der Waals surface area contributed by atoms with Gasteiger partial charge in [-0.25, -0.2) is 15.0 Å². The Morgan fingerprint density at radius 2 is 0.957 bits per heavy atom. The Morgan fingerprint density at radius 1 is 0.391 bits per heavy atom. The van der Waals surface area contributed by atoms with Crippen LogP contribution in [0.3, 0.4) is 0 Å². The molecular formula is C51H43B12N5O. The van der Waals surface area contributed by atoms with Crippen molar-refractivity contribution in [1.29, 1.82) is 0 Å². The number of fused-ring (bicyclic) bond motifs is 9. The molecule has 0 aliphatic carbocycles. The number of rotatable bonds is 5. The molecule has 0 radical (unpaired) electrons. The largest absolute Gasteiger partial charge is 0.456 e. The van der Waals surface area contributed by atoms with Crippen molar-refractivity contribution < 1.29 is 4.42 Å². The van der Waals surface area contributed by atoms with E-state index >= 15 is 0 Å². The maximum Gasteiger partial charge on any atom is 0.166 e. The van der Waals surface area contributed by atoms with Gasteiger partial charge >= 0.3 is 0 Å². The van der Waals surface area contributed by atoms with E-state index in [4.69, 9.17) is 19.4 Å². The highest BCUT2D eigenvalue weighted by molar-refractivity contribution is 6.72. The van der Waals surface area contributed by atoms with E-state index in [1.54, 1.807) is 0 Å². The van der Waals surface area contributed by atoms with Crippen LogP contribution in [0.4, 0.5) is 0 Å². The zero-order valence-electron chi connectivity index (χ0n) is 41.6. The van der Waals surface area contributed by atoms with E-state index in [0.29, 0.717) is 17.5 Å². The molecule has 0 bridgehead atoms. The molecule has 0 aliphatic heterocycles. The van der Waals surface area contributed by atoms with Crippen molar-refractivity contribution in [2.24, 2.45) is 0 Å². The lowest BCUT2D eigenvalue weighted by Gasteiger charge is -2.25. The van der Waals surface area contributed by atoms with Gasteiger partial charge < -0.3 is 14.0 Å². The van der Waals surface area contributed by atoms with E-state index in [9.17, 15) is 0 Å². The standard InChI is InChI=1S/C51H43B12N5O/c52-34-31(30-35(53)40(58)43(61)41(59)36(30)54)39(57)47-32(37(34)55)33-38(56)42(60)44(62)45(63)48(33)68(47)21-14-16-28-26(18-21)23-15-13-20(17-29(23)69-28)50-65-49(19-7-2-1-3-8-19)66-51(67-50)25-11-6-10-24-22-9-4-5-12-27(22)64-46(24)25/h1-18,64H,52-63H2. The number of hydrogen-bond donors (Lipinski definition) is 1. The van der Waals surface area contributed by atoms with Crippen molar-refractivity contribution in [1.82, 2.24) is 24.5 Å². The molecule has 69 heavy (non-hydrogen) atoms. The highest BCUT2D eigenvalue weighted by atomic mass is 16.3. The maximum absolute atomic E-state index is 6.77. The smallest absolute Gasteiger partial charge is 0.166 e. The number of para-hydroxylation sites is 2. The number of nitrogens with zero attached hydrogens (tertiary/aromatic N) is 4. The van der Waals surface area contributed by atoms with Crippen molar-refractivity contribution in [2.45, 2.75) is 0 Å². The molecule has 6 nitrogen and oxygen atoms in total. The second-order valence-electron chi connectivity index (χ2n) is 19.6. The lowest BCUT2D eigenvalue weighted by molar-refractivity contribution is 0.669. The van der Waals surface area contributed by atoms with Crippen molar-refractivity contribution in [3.8, 4) is 51.0 Å². The molecule has 0 atom stereocenters. The summed E-state index contributed by atoms with van der Waals surface area (Å²) in [5, 5.41) is 7.09. The minimum Gasteiger partial charge on any atom is -0.456 e. The minimum absolute atomic E-state index is 0.582. The van der Waals surface area contributed by atoms with Crippen molar-refractivity contribution in [2.75, 3.05) is 0 Å². The molecule has 0 amide bonds. The zero-order chi connectivity index (χ0) is 47.9. The molecule has 12 rings (SSSR count). The summed E-state index contributed by atoms with van der Waals surface area (Å²) in [5.41, 5.74) is 29.0. The summed E-state index contributed by atoms with van der Waals surface area (Å²) in [6, 6.07) is 38.0. The first-order valence-corrected chi connectivity index (χ1v) is 24.1. The molecule has 0 aliphatic rings. The molecule has 0 unspecified atom stereocenters. The molecule has 0 saturated heterocycles. The Hall–Kier alpha value is -7.05. The molecule has 12 aromatic rings. The first-order chi connectivity index (χ1) is 33.2. The SMILES string of the molecule is Bc1c(B)c(B)c(-c2c(B)c(B)c3c4c(B)c(B)c(B)c(B)c4n(-c4ccc5oc6cc(-c7nc(-c8ccccc8)nc(-c8cccc9c8[nH]c8ccccc89)n7)ccc6c5c4)c3c2B)c(B)c1B. The van der Waals surface area contributed by atoms with Crippen LogP contribution in [0.15, 0.2) is 114 Å². The molecule has 0 fully saturated rings. The van der Waals surface area contributed by atoms with Gasteiger partial charge in [0.1, 0.15) is 105 Å². The summed E-state index contributed by atoms with van der Waals surface area (Å²) in [6.45, 7) is 0. The zero-order valence-corrected chi connectivity index (χ0v) is 41.6. The van der Waals surface area contributed by atoms with Gasteiger partial charge in [0, 0.05) is 60.5 Å². The van der Waals surface area contributed by atoms with Crippen molar-refractivity contribution in [3.05, 3.63) is 109 Å². The number of aromatic amines is 1. The van der Waals surface area contributed by atoms with Gasteiger partial charge in [-0.2, -0.15) is 0 Å². The molecule has 0 spiro atoms. The molecular weight excluding hydrogens is 828 g/mol. The Balaban J connectivity index is 1.07. The van der Waals surface area contributed by atoms with E-state index in [1.165, 1.54) is 104 Å². The van der Waals surface area contributed by atoms with Crippen LogP contribution in [0.5, 0.6) is 0 Å². The summed E-state index contributed by atoms with van der Waals surface area (Å²) in [5.74, 6) is 1.80. The Labute approximate surface area is 412 Å². The van der Waals surface area contributed by atoms with Crippen LogP contribution in [0.25, 0.3) is 117 Å². The number of hydrogen-bond acceptors (Lipinski definition) is 4. The van der Waals surface area contributed by atoms with Crippen LogP contribution >= 0.6 is 0 Å². The van der Waals surface area contributed by atoms with Crippen LogP contribution < -0.4 is 65.6 Å². The average molecular weight is 872 g/mol. The first-order valence-electron chi connectivity index (χ1n) is 24.1. The third kappa shape index (κ3) is 6.26. The molecule has 18 heteroatoms. The third-order valence-corrected chi connectivity index (χ3v) is 16.3. The summed E-state index contributed by atoms with van der Waals surface area (Å²) in [6.07, 6.45) is 0. The van der Waals surface area contributed by atoms with Gasteiger partial charge in [-0.05, 0) is 64.4 Å². The lowest BCUT2D eigenvalue weighted by Crippen LogP contribution is -2.56. The normalized spacial score (nSPS) is 11.9. The quantitative estimate of drug-likeness (QED) is 0.175. The highest BCUT2D eigenvalue weighted by Crippen LogP contribution is 2.37. The second-order valence-corrected chi connectivity index (χ2v) is 19.6. The van der Waals surface area contributed by atoms with E-state index < -0.39 is 0 Å². The lowest BCUT2D eigenvalue weighted by atomic mass is 9.57. The number of H-pyrrole nitrogens is 1. The number of nitrogens with one attached hydrogen (secondary N) is 1. The minimum atomic E-state index is 0.582. The van der Waals surface area contributed by atoms with Crippen LogP contribution in [0, 0.1) is 0 Å². The fraction of sp³-hybridized carbons (Fsp3) is 0. The van der Waals surface area contributed by atoms with Gasteiger partial charge in [-0.3, -0.25) is 0 Å². The maximum atomic E-state index is 6.77. The molecule has 1 N–H and O–H groups in total. The van der Waals surface area contributed by atoms with Gasteiger partial charge in [0.2, 0.25) is 0 Å². The van der Waals surface area contributed by atoms with Crippen LogP contribution in [-0.2, 0) is 0 Å². The van der Waals surface area contributed by atoms with Gasteiger partial charge in [0.05, 0.1) is 5.52 Å². The van der Waals surface area contributed by atoms with E-state index in [-0.39, 0.29) is 0 Å². The first kappa shape index (κ1) is 43.2. The van der Waals surface area contributed by atoms with Crippen LogP contribution in [0.2, 0.25) is 0 Å². The summed E-state index contributed by atoms with van der Waals surface area (Å²) >= 11 is 0. The average Bonchev–Trinajstić information content (AvgIpc) is 4.06. The van der Waals surface area contributed by atoms with E-state index in [0.717, 1.165) is 60.7 Å². The molecule has 4 heterocycles. The van der Waals surface area contributed by atoms with E-state index in [2.05, 4.69) is 183 Å². The summed E-state index contributed by atoms with van der Waals surface area (Å²) < 4.78 is 9.34. The van der Waals surface area contributed by atoms with Crippen molar-refractivity contribution >= 4 is 225 Å². The third-order valence-electron chi connectivity index (χ3n) is 16.3. The monoisotopic (exact) mass is 873 g/mol. The molecule has 4 aromatic heterocycles. The highest BCUT2D eigenvalue weighted by Gasteiger charge is 2.27. The van der Waals surface area contributed by atoms with Gasteiger partial charge in [-0.15, -0.1) is 21.9 Å². The van der Waals surface area contributed by atoms with Gasteiger partial charge in [0.15, 0.2) is 17.5 Å². The Morgan fingerprint density at radius 3 is 1.70 bits per heavy atom. The molecule has 0 saturated carbocycles. The van der Waals surface area contributed by atoms with Crippen LogP contribution in [0.1, 0.15) is 0 Å². The van der Waals surface area contributed by atoms with Crippen LogP contribution in [-0.4, -0.2) is 119 Å². The summed E-state index contributed by atoms with van der Waals surface area (Å²) in [4.78, 5) is 19.1. The number of aromatic nitrogens is 5. The van der Waals surface area contributed by atoms with E-state index in [1.807, 2.05) is 30.3 Å². The fourth-order valence-electron chi connectivity index (χ4n) is 11.7. The van der Waals surface area contributed by atoms with Gasteiger partial charge in [-0.1, -0.05) is 110 Å². The van der Waals surface area contributed by atoms with Gasteiger partial charge in [0.25, 0.3) is 0 Å². The Kier molecular flexibility index (Phi) is 9.87. The summed E-state index contributed by atoms with van der Waals surface area (Å²) in [7, 11) is 27.7. The topological polar surface area (TPSA) is 72.5 Å². The molecule has 8 aromatic carbocycles. The van der Waals surface area contributed by atoms with Crippen molar-refractivity contribution in [3.63, 3.8) is 0 Å². The second kappa shape index (κ2) is 15.7.